The summed E-state index contributed by atoms with van der Waals surface area (Å²) in [5.74, 6) is 0.848. The van der Waals surface area contributed by atoms with Crippen molar-refractivity contribution in [2.75, 3.05) is 19.6 Å². The maximum Gasteiger partial charge on any atom is 0.0947 e. The maximum atomic E-state index is 5.18. The number of furan rings is 1. The van der Waals surface area contributed by atoms with Gasteiger partial charge in [0.05, 0.1) is 12.5 Å². The third-order valence-corrected chi connectivity index (χ3v) is 5.39. The van der Waals surface area contributed by atoms with Crippen molar-refractivity contribution in [2.24, 2.45) is 5.92 Å². The highest BCUT2D eigenvalue weighted by Crippen LogP contribution is 2.32. The molecule has 0 spiro atoms. The van der Waals surface area contributed by atoms with Gasteiger partial charge in [0.25, 0.3) is 0 Å². The van der Waals surface area contributed by atoms with Crippen molar-refractivity contribution in [2.45, 2.75) is 25.6 Å². The van der Waals surface area contributed by atoms with Gasteiger partial charge < -0.3 is 4.42 Å². The highest BCUT2D eigenvalue weighted by molar-refractivity contribution is 7.09. The second kappa shape index (κ2) is 5.35. The molecule has 2 fully saturated rings. The molecule has 0 aliphatic carbocycles. The first-order valence-electron chi connectivity index (χ1n) is 7.36. The highest BCUT2D eigenvalue weighted by atomic mass is 32.1. The molecule has 4 rings (SSSR count). The van der Waals surface area contributed by atoms with Crippen molar-refractivity contribution in [1.82, 2.24) is 9.80 Å². The normalized spacial score (nSPS) is 27.2. The van der Waals surface area contributed by atoms with Crippen LogP contribution in [0.5, 0.6) is 0 Å². The number of piperidine rings is 1. The third kappa shape index (κ3) is 2.55. The molecule has 2 saturated heterocycles. The van der Waals surface area contributed by atoms with Crippen LogP contribution in [-0.4, -0.2) is 35.5 Å². The molecule has 2 bridgehead atoms. The van der Waals surface area contributed by atoms with Gasteiger partial charge in [-0.2, -0.15) is 0 Å². The molecule has 2 aromatic rings. The SMILES string of the molecule is c1csc(CN2C[C@H]3C[C@H]2CN(Cc2ccoc2)C3)c1. The second-order valence-electron chi connectivity index (χ2n) is 6.09. The van der Waals surface area contributed by atoms with Crippen molar-refractivity contribution < 1.29 is 4.42 Å². The lowest BCUT2D eigenvalue weighted by Gasteiger charge is -2.32. The van der Waals surface area contributed by atoms with E-state index in [0.29, 0.717) is 0 Å². The molecular formula is C16H20N2OS. The van der Waals surface area contributed by atoms with Crippen LogP contribution >= 0.6 is 11.3 Å². The van der Waals surface area contributed by atoms with Crippen LogP contribution in [0, 0.1) is 5.92 Å². The average Bonchev–Trinajstić information content (AvgIpc) is 3.14. The Labute approximate surface area is 123 Å². The van der Waals surface area contributed by atoms with Gasteiger partial charge in [-0.15, -0.1) is 11.3 Å². The average molecular weight is 288 g/mol. The summed E-state index contributed by atoms with van der Waals surface area (Å²) in [5, 5.41) is 2.18. The van der Waals surface area contributed by atoms with Gasteiger partial charge in [0.1, 0.15) is 0 Å². The van der Waals surface area contributed by atoms with Crippen LogP contribution in [-0.2, 0) is 13.1 Å². The predicted molar refractivity (Wildman–Crippen MR) is 80.6 cm³/mol. The Morgan fingerprint density at radius 1 is 1.20 bits per heavy atom. The van der Waals surface area contributed by atoms with Crippen molar-refractivity contribution in [3.8, 4) is 0 Å². The van der Waals surface area contributed by atoms with E-state index in [1.165, 1.54) is 36.5 Å². The molecule has 106 valence electrons. The highest BCUT2D eigenvalue weighted by Gasteiger charge is 2.38. The molecule has 0 N–H and O–H groups in total. The molecule has 4 heterocycles. The fraction of sp³-hybridized carbons (Fsp3) is 0.500. The number of nitrogens with zero attached hydrogens (tertiary/aromatic N) is 2. The lowest BCUT2D eigenvalue weighted by Crippen LogP contribution is -2.41. The van der Waals surface area contributed by atoms with Crippen LogP contribution in [0.25, 0.3) is 0 Å². The number of hydrogen-bond donors (Lipinski definition) is 0. The zero-order valence-corrected chi connectivity index (χ0v) is 12.4. The van der Waals surface area contributed by atoms with E-state index >= 15 is 0 Å². The molecule has 2 atom stereocenters. The number of rotatable bonds is 4. The molecule has 2 aromatic heterocycles. The van der Waals surface area contributed by atoms with Crippen molar-refractivity contribution in [1.29, 1.82) is 0 Å². The van der Waals surface area contributed by atoms with Crippen LogP contribution in [0.3, 0.4) is 0 Å². The van der Waals surface area contributed by atoms with E-state index < -0.39 is 0 Å². The number of likely N-dealkylation sites (tertiary alicyclic amines) is 2. The first kappa shape index (κ1) is 12.6. The third-order valence-electron chi connectivity index (χ3n) is 4.53. The maximum absolute atomic E-state index is 5.18. The van der Waals surface area contributed by atoms with Gasteiger partial charge in [-0.25, -0.2) is 0 Å². The standard InChI is InChI=1S/C16H20N2OS/c1-2-16(20-5-1)11-18-9-14-6-15(18)10-17(8-14)7-13-3-4-19-12-13/h1-5,12,14-15H,6-11H2/t14-,15-/m0/s1. The van der Waals surface area contributed by atoms with Gasteiger partial charge in [0, 0.05) is 49.2 Å². The van der Waals surface area contributed by atoms with Gasteiger partial charge in [0.2, 0.25) is 0 Å². The molecule has 2 aliphatic rings. The quantitative estimate of drug-likeness (QED) is 0.862. The van der Waals surface area contributed by atoms with Crippen LogP contribution in [0.4, 0.5) is 0 Å². The Bertz CT molecular complexity index is 535. The summed E-state index contributed by atoms with van der Waals surface area (Å²) in [6, 6.07) is 7.24. The zero-order chi connectivity index (χ0) is 13.4. The van der Waals surface area contributed by atoms with E-state index in [4.69, 9.17) is 4.42 Å². The van der Waals surface area contributed by atoms with E-state index in [-0.39, 0.29) is 0 Å². The first-order valence-corrected chi connectivity index (χ1v) is 8.24. The van der Waals surface area contributed by atoms with Crippen LogP contribution in [0.15, 0.2) is 40.5 Å². The molecule has 0 unspecified atom stereocenters. The Morgan fingerprint density at radius 2 is 2.20 bits per heavy atom. The Kier molecular flexibility index (Phi) is 3.38. The molecule has 20 heavy (non-hydrogen) atoms. The van der Waals surface area contributed by atoms with Gasteiger partial charge in [-0.05, 0) is 29.9 Å². The van der Waals surface area contributed by atoms with Crippen molar-refractivity contribution in [3.05, 3.63) is 46.5 Å². The van der Waals surface area contributed by atoms with E-state index in [9.17, 15) is 0 Å². The minimum Gasteiger partial charge on any atom is -0.472 e. The topological polar surface area (TPSA) is 19.6 Å². The summed E-state index contributed by atoms with van der Waals surface area (Å²) in [4.78, 5) is 6.78. The number of hydrogen-bond acceptors (Lipinski definition) is 4. The van der Waals surface area contributed by atoms with E-state index in [2.05, 4.69) is 33.4 Å². The fourth-order valence-corrected chi connectivity index (χ4v) is 4.44. The summed E-state index contributed by atoms with van der Waals surface area (Å²) in [6.45, 7) is 5.88. The Balaban J connectivity index is 1.40. The van der Waals surface area contributed by atoms with Crippen molar-refractivity contribution >= 4 is 11.3 Å². The minimum absolute atomic E-state index is 0.739. The lowest BCUT2D eigenvalue weighted by molar-refractivity contribution is 0.153. The van der Waals surface area contributed by atoms with Crippen LogP contribution < -0.4 is 0 Å². The Hall–Kier alpha value is -1.10. The van der Waals surface area contributed by atoms with E-state index in [1.807, 2.05) is 17.6 Å². The molecule has 0 amide bonds. The van der Waals surface area contributed by atoms with Crippen LogP contribution in [0.1, 0.15) is 16.9 Å². The van der Waals surface area contributed by atoms with Crippen LogP contribution in [0.2, 0.25) is 0 Å². The largest absolute Gasteiger partial charge is 0.472 e. The smallest absolute Gasteiger partial charge is 0.0947 e. The summed E-state index contributed by atoms with van der Waals surface area (Å²) in [7, 11) is 0. The molecule has 2 aliphatic heterocycles. The minimum atomic E-state index is 0.739. The summed E-state index contributed by atoms with van der Waals surface area (Å²) in [6.07, 6.45) is 5.03. The summed E-state index contributed by atoms with van der Waals surface area (Å²) >= 11 is 1.88. The summed E-state index contributed by atoms with van der Waals surface area (Å²) < 4.78 is 5.18. The van der Waals surface area contributed by atoms with Gasteiger partial charge in [-0.3, -0.25) is 9.80 Å². The molecular weight excluding hydrogens is 268 g/mol. The van der Waals surface area contributed by atoms with E-state index in [1.54, 1.807) is 6.26 Å². The molecule has 3 nitrogen and oxygen atoms in total. The molecule has 0 saturated carbocycles. The zero-order valence-electron chi connectivity index (χ0n) is 11.6. The molecule has 0 radical (unpaired) electrons. The number of fused-ring (bicyclic) bond motifs is 2. The molecule has 0 aromatic carbocycles. The second-order valence-corrected chi connectivity index (χ2v) is 7.12. The number of thiophene rings is 1. The first-order chi connectivity index (χ1) is 9.87. The molecule has 4 heteroatoms. The van der Waals surface area contributed by atoms with Gasteiger partial charge in [0.15, 0.2) is 0 Å². The Morgan fingerprint density at radius 3 is 3.00 bits per heavy atom. The predicted octanol–water partition coefficient (Wildman–Crippen LogP) is 3.05. The monoisotopic (exact) mass is 288 g/mol. The van der Waals surface area contributed by atoms with Gasteiger partial charge in [-0.1, -0.05) is 6.07 Å². The van der Waals surface area contributed by atoms with Crippen molar-refractivity contribution in [3.63, 3.8) is 0 Å². The fourth-order valence-electron chi connectivity index (χ4n) is 3.72. The summed E-state index contributed by atoms with van der Waals surface area (Å²) in [5.41, 5.74) is 1.30. The van der Waals surface area contributed by atoms with E-state index in [0.717, 1.165) is 25.0 Å². The van der Waals surface area contributed by atoms with Gasteiger partial charge >= 0.3 is 0 Å². The lowest BCUT2D eigenvalue weighted by atomic mass is 10.00.